The topological polar surface area (TPSA) is 75.4 Å². The summed E-state index contributed by atoms with van der Waals surface area (Å²) >= 11 is 0. The summed E-state index contributed by atoms with van der Waals surface area (Å²) in [5, 5.41) is 6.89. The average molecular weight is 564 g/mol. The summed E-state index contributed by atoms with van der Waals surface area (Å²) in [7, 11) is 3.48. The molecule has 0 radical (unpaired) electrons. The normalized spacial score (nSPS) is 15.7. The molecule has 0 aliphatic carbocycles. The van der Waals surface area contributed by atoms with E-state index in [0.29, 0.717) is 6.54 Å². The zero-order chi connectivity index (χ0) is 22.3. The van der Waals surface area contributed by atoms with E-state index < -0.39 is 0 Å². The number of ether oxygens (including phenoxy) is 2. The molecule has 1 aromatic carbocycles. The number of hydrogen-bond acceptors (Lipinski definition) is 5. The van der Waals surface area contributed by atoms with E-state index in [4.69, 9.17) is 14.5 Å². The van der Waals surface area contributed by atoms with Gasteiger partial charge in [0.1, 0.15) is 11.4 Å². The Hall–Kier alpha value is -2.37. The highest BCUT2D eigenvalue weighted by Crippen LogP contribution is 2.23. The SMILES string of the molecule is CN=C(NCc1cn2c(C)cccc2n1)NCC(c1ccc(OC)cc1)N1CCOCC1.I. The van der Waals surface area contributed by atoms with Gasteiger partial charge in [0, 0.05) is 38.6 Å². The number of nitrogens with zero attached hydrogens (tertiary/aromatic N) is 4. The second kappa shape index (κ2) is 12.2. The van der Waals surface area contributed by atoms with Gasteiger partial charge in [-0.05, 0) is 36.8 Å². The van der Waals surface area contributed by atoms with Gasteiger partial charge in [-0.3, -0.25) is 9.89 Å². The number of aliphatic imine (C=N–C) groups is 1. The van der Waals surface area contributed by atoms with Gasteiger partial charge < -0.3 is 24.5 Å². The minimum atomic E-state index is 0. The zero-order valence-electron chi connectivity index (χ0n) is 19.5. The predicted octanol–water partition coefficient (Wildman–Crippen LogP) is 3.01. The van der Waals surface area contributed by atoms with Crippen molar-refractivity contribution in [3.05, 3.63) is 65.6 Å². The Bertz CT molecular complexity index is 1050. The number of nitrogens with one attached hydrogen (secondary N) is 2. The quantitative estimate of drug-likeness (QED) is 0.261. The number of methoxy groups -OCH3 is 1. The number of rotatable bonds is 7. The maximum absolute atomic E-state index is 5.56. The third kappa shape index (κ3) is 6.36. The molecule has 3 heterocycles. The van der Waals surface area contributed by atoms with E-state index in [1.807, 2.05) is 24.3 Å². The third-order valence-corrected chi connectivity index (χ3v) is 5.86. The zero-order valence-corrected chi connectivity index (χ0v) is 21.8. The second-order valence-electron chi connectivity index (χ2n) is 7.87. The molecule has 178 valence electrons. The van der Waals surface area contributed by atoms with Gasteiger partial charge in [0.15, 0.2) is 5.96 Å². The van der Waals surface area contributed by atoms with Crippen molar-refractivity contribution in [3.8, 4) is 5.75 Å². The van der Waals surface area contributed by atoms with Gasteiger partial charge in [-0.25, -0.2) is 4.98 Å². The Morgan fingerprint density at radius 1 is 1.15 bits per heavy atom. The highest BCUT2D eigenvalue weighted by molar-refractivity contribution is 14.0. The lowest BCUT2D eigenvalue weighted by atomic mass is 10.0. The number of imidazole rings is 1. The van der Waals surface area contributed by atoms with Crippen molar-refractivity contribution in [1.82, 2.24) is 24.9 Å². The fraction of sp³-hybridized carbons (Fsp3) is 0.417. The van der Waals surface area contributed by atoms with Crippen molar-refractivity contribution in [3.63, 3.8) is 0 Å². The first kappa shape index (κ1) is 25.3. The minimum absolute atomic E-state index is 0. The average Bonchev–Trinajstić information content (AvgIpc) is 3.27. The van der Waals surface area contributed by atoms with Crippen LogP contribution in [-0.4, -0.2) is 67.2 Å². The van der Waals surface area contributed by atoms with E-state index in [-0.39, 0.29) is 30.0 Å². The molecule has 1 aliphatic heterocycles. The number of aryl methyl sites for hydroxylation is 1. The molecule has 1 unspecified atom stereocenters. The lowest BCUT2D eigenvalue weighted by Crippen LogP contribution is -2.46. The molecule has 8 nitrogen and oxygen atoms in total. The molecule has 2 N–H and O–H groups in total. The van der Waals surface area contributed by atoms with Crippen molar-refractivity contribution in [2.45, 2.75) is 19.5 Å². The van der Waals surface area contributed by atoms with E-state index in [1.165, 1.54) is 5.56 Å². The van der Waals surface area contributed by atoms with Crippen LogP contribution in [0.4, 0.5) is 0 Å². The van der Waals surface area contributed by atoms with Gasteiger partial charge >= 0.3 is 0 Å². The van der Waals surface area contributed by atoms with E-state index in [9.17, 15) is 0 Å². The highest BCUT2D eigenvalue weighted by atomic mass is 127. The molecular formula is C24H33IN6O2. The van der Waals surface area contributed by atoms with E-state index in [2.05, 4.69) is 56.2 Å². The van der Waals surface area contributed by atoms with Crippen molar-refractivity contribution in [2.75, 3.05) is 47.0 Å². The van der Waals surface area contributed by atoms with Gasteiger partial charge in [-0.15, -0.1) is 24.0 Å². The number of hydrogen-bond donors (Lipinski definition) is 2. The Labute approximate surface area is 212 Å². The van der Waals surface area contributed by atoms with Crippen LogP contribution in [0.25, 0.3) is 5.65 Å². The number of fused-ring (bicyclic) bond motifs is 1. The minimum Gasteiger partial charge on any atom is -0.497 e. The maximum atomic E-state index is 5.56. The molecule has 33 heavy (non-hydrogen) atoms. The van der Waals surface area contributed by atoms with Crippen LogP contribution in [-0.2, 0) is 11.3 Å². The van der Waals surface area contributed by atoms with Crippen LogP contribution < -0.4 is 15.4 Å². The smallest absolute Gasteiger partial charge is 0.191 e. The molecule has 0 saturated carbocycles. The Morgan fingerprint density at radius 3 is 2.58 bits per heavy atom. The van der Waals surface area contributed by atoms with Crippen molar-refractivity contribution in [2.24, 2.45) is 4.99 Å². The van der Waals surface area contributed by atoms with Crippen LogP contribution in [0.3, 0.4) is 0 Å². The summed E-state index contributed by atoms with van der Waals surface area (Å²) < 4.78 is 13.0. The van der Waals surface area contributed by atoms with Crippen molar-refractivity contribution in [1.29, 1.82) is 0 Å². The summed E-state index contributed by atoms with van der Waals surface area (Å²) in [4.78, 5) is 11.6. The van der Waals surface area contributed by atoms with Crippen LogP contribution in [0, 0.1) is 6.92 Å². The third-order valence-electron chi connectivity index (χ3n) is 5.86. The molecular weight excluding hydrogens is 531 g/mol. The van der Waals surface area contributed by atoms with Crippen LogP contribution in [0.5, 0.6) is 5.75 Å². The fourth-order valence-electron chi connectivity index (χ4n) is 4.05. The Kier molecular flexibility index (Phi) is 9.33. The van der Waals surface area contributed by atoms with Gasteiger partial charge in [0.05, 0.1) is 38.6 Å². The van der Waals surface area contributed by atoms with Crippen LogP contribution >= 0.6 is 24.0 Å². The van der Waals surface area contributed by atoms with Gasteiger partial charge in [-0.2, -0.15) is 0 Å². The molecule has 1 saturated heterocycles. The largest absolute Gasteiger partial charge is 0.497 e. The molecule has 1 fully saturated rings. The molecule has 9 heteroatoms. The number of halogens is 1. The summed E-state index contributed by atoms with van der Waals surface area (Å²) in [6, 6.07) is 14.6. The number of aromatic nitrogens is 2. The number of benzene rings is 1. The van der Waals surface area contributed by atoms with Gasteiger partial charge in [-0.1, -0.05) is 18.2 Å². The molecule has 3 aromatic rings. The monoisotopic (exact) mass is 564 g/mol. The first-order valence-corrected chi connectivity index (χ1v) is 11.0. The summed E-state index contributed by atoms with van der Waals surface area (Å²) in [6.07, 6.45) is 2.07. The molecule has 1 atom stereocenters. The lowest BCUT2D eigenvalue weighted by molar-refractivity contribution is 0.0170. The molecule has 1 aliphatic rings. The molecule has 4 rings (SSSR count). The fourth-order valence-corrected chi connectivity index (χ4v) is 4.05. The number of morpholine rings is 1. The van der Waals surface area contributed by atoms with E-state index in [0.717, 1.165) is 61.6 Å². The maximum Gasteiger partial charge on any atom is 0.191 e. The summed E-state index contributed by atoms with van der Waals surface area (Å²) in [5.41, 5.74) is 4.34. The Balaban J connectivity index is 0.00000306. The number of pyridine rings is 1. The predicted molar refractivity (Wildman–Crippen MR) is 142 cm³/mol. The Morgan fingerprint density at radius 2 is 1.91 bits per heavy atom. The van der Waals surface area contributed by atoms with E-state index in [1.54, 1.807) is 14.2 Å². The summed E-state index contributed by atoms with van der Waals surface area (Å²) in [5.74, 6) is 1.62. The van der Waals surface area contributed by atoms with Gasteiger partial charge in [0.25, 0.3) is 0 Å². The lowest BCUT2D eigenvalue weighted by Gasteiger charge is -2.35. The molecule has 0 bridgehead atoms. The van der Waals surface area contributed by atoms with Crippen LogP contribution in [0.15, 0.2) is 53.7 Å². The van der Waals surface area contributed by atoms with Gasteiger partial charge in [0.2, 0.25) is 0 Å². The standard InChI is InChI=1S/C24H32N6O2.HI/c1-18-5-4-6-23-28-20(17-30(18)23)15-26-24(25-2)27-16-22(29-11-13-32-14-12-29)19-7-9-21(31-3)10-8-19;/h4-10,17,22H,11-16H2,1-3H3,(H2,25,26,27);1H. The first-order chi connectivity index (χ1) is 15.7. The summed E-state index contributed by atoms with van der Waals surface area (Å²) in [6.45, 7) is 6.75. The van der Waals surface area contributed by atoms with Crippen LogP contribution in [0.2, 0.25) is 0 Å². The van der Waals surface area contributed by atoms with E-state index >= 15 is 0 Å². The molecule has 2 aromatic heterocycles. The highest BCUT2D eigenvalue weighted by Gasteiger charge is 2.23. The molecule has 0 spiro atoms. The van der Waals surface area contributed by atoms with Crippen molar-refractivity contribution >= 4 is 35.6 Å². The van der Waals surface area contributed by atoms with Crippen LogP contribution in [0.1, 0.15) is 23.0 Å². The second-order valence-corrected chi connectivity index (χ2v) is 7.87. The first-order valence-electron chi connectivity index (χ1n) is 11.0. The molecule has 0 amide bonds. The number of guanidine groups is 1. The van der Waals surface area contributed by atoms with Crippen molar-refractivity contribution < 1.29 is 9.47 Å².